The maximum Gasteiger partial charge on any atom is 0.266 e. The second kappa shape index (κ2) is 10.0. The summed E-state index contributed by atoms with van der Waals surface area (Å²) in [6.07, 6.45) is 1.61. The number of halogens is 1. The van der Waals surface area contributed by atoms with Crippen LogP contribution >= 0.6 is 0 Å². The first-order chi connectivity index (χ1) is 16.8. The predicted octanol–water partition coefficient (Wildman–Crippen LogP) is 2.82. The number of nitrogens with one attached hydrogen (secondary N) is 1. The standard InChI is InChI=1S/C26H25FN4O4/c1-16-3-4-18(22-9-10-24(33)31(29-22)11-12-32)13-23(16)28-26(35)21-15-30(2)25(34)14-20(21)17-5-7-19(27)8-6-17/h3-10,13,15,20,32H,11-12,14H2,1-2H3,(H,28,35)/t20-/m0/s1. The predicted molar refractivity (Wildman–Crippen MR) is 129 cm³/mol. The number of carbonyl (C=O) groups is 2. The maximum absolute atomic E-state index is 13.4. The Hall–Kier alpha value is -4.11. The topological polar surface area (TPSA) is 105 Å². The molecule has 0 saturated carbocycles. The van der Waals surface area contributed by atoms with Crippen molar-refractivity contribution in [2.45, 2.75) is 25.8 Å². The van der Waals surface area contributed by atoms with Crippen molar-refractivity contribution in [2.24, 2.45) is 0 Å². The normalized spacial score (nSPS) is 15.7. The van der Waals surface area contributed by atoms with Crippen molar-refractivity contribution in [1.82, 2.24) is 14.7 Å². The van der Waals surface area contributed by atoms with Crippen molar-refractivity contribution in [3.8, 4) is 11.3 Å². The number of aromatic nitrogens is 2. The van der Waals surface area contributed by atoms with Gasteiger partial charge in [0.15, 0.2) is 0 Å². The molecule has 0 saturated heterocycles. The summed E-state index contributed by atoms with van der Waals surface area (Å²) in [4.78, 5) is 39.0. The van der Waals surface area contributed by atoms with Gasteiger partial charge in [0, 0.05) is 48.5 Å². The zero-order chi connectivity index (χ0) is 25.1. The largest absolute Gasteiger partial charge is 0.394 e. The van der Waals surface area contributed by atoms with Crippen LogP contribution in [0.2, 0.25) is 0 Å². The number of aryl methyl sites for hydroxylation is 1. The van der Waals surface area contributed by atoms with Gasteiger partial charge in [0.05, 0.1) is 18.8 Å². The van der Waals surface area contributed by atoms with E-state index in [2.05, 4.69) is 10.4 Å². The lowest BCUT2D eigenvalue weighted by molar-refractivity contribution is -0.128. The first-order valence-electron chi connectivity index (χ1n) is 11.1. The minimum absolute atomic E-state index is 0.0767. The van der Waals surface area contributed by atoms with Crippen LogP contribution in [-0.2, 0) is 16.1 Å². The highest BCUT2D eigenvalue weighted by Crippen LogP contribution is 2.34. The van der Waals surface area contributed by atoms with Gasteiger partial charge in [-0.3, -0.25) is 14.4 Å². The Bertz CT molecular complexity index is 1360. The molecule has 2 aromatic carbocycles. The molecule has 1 aliphatic heterocycles. The van der Waals surface area contributed by atoms with Crippen molar-refractivity contribution in [3.63, 3.8) is 0 Å². The number of anilines is 1. The van der Waals surface area contributed by atoms with Gasteiger partial charge in [-0.1, -0.05) is 24.3 Å². The zero-order valence-electron chi connectivity index (χ0n) is 19.4. The number of aliphatic hydroxyl groups excluding tert-OH is 1. The molecule has 0 aliphatic carbocycles. The van der Waals surface area contributed by atoms with E-state index in [0.717, 1.165) is 5.56 Å². The number of benzene rings is 2. The summed E-state index contributed by atoms with van der Waals surface area (Å²) in [5.41, 5.74) is 3.29. The van der Waals surface area contributed by atoms with Gasteiger partial charge in [0.2, 0.25) is 5.91 Å². The third kappa shape index (κ3) is 5.20. The van der Waals surface area contributed by atoms with Crippen LogP contribution in [-0.4, -0.2) is 45.3 Å². The van der Waals surface area contributed by atoms with Crippen LogP contribution in [0.25, 0.3) is 11.3 Å². The van der Waals surface area contributed by atoms with E-state index in [-0.39, 0.29) is 36.9 Å². The molecular formula is C26H25FN4O4. The van der Waals surface area contributed by atoms with E-state index in [4.69, 9.17) is 5.11 Å². The minimum atomic E-state index is -0.508. The van der Waals surface area contributed by atoms with Crippen molar-refractivity contribution in [1.29, 1.82) is 0 Å². The summed E-state index contributed by atoms with van der Waals surface area (Å²) < 4.78 is 14.6. The average Bonchev–Trinajstić information content (AvgIpc) is 2.84. The molecule has 9 heteroatoms. The summed E-state index contributed by atoms with van der Waals surface area (Å²) in [6.45, 7) is 1.71. The molecular weight excluding hydrogens is 451 g/mol. The third-order valence-electron chi connectivity index (χ3n) is 5.97. The fourth-order valence-corrected chi connectivity index (χ4v) is 3.98. The van der Waals surface area contributed by atoms with E-state index in [1.165, 1.54) is 34.0 Å². The Morgan fingerprint density at radius 2 is 1.89 bits per heavy atom. The molecule has 0 fully saturated rings. The number of carbonyl (C=O) groups excluding carboxylic acids is 2. The molecule has 180 valence electrons. The fraction of sp³-hybridized carbons (Fsp3) is 0.231. The number of hydrogen-bond acceptors (Lipinski definition) is 5. The third-order valence-corrected chi connectivity index (χ3v) is 5.97. The Morgan fingerprint density at radius 1 is 1.14 bits per heavy atom. The molecule has 35 heavy (non-hydrogen) atoms. The summed E-state index contributed by atoms with van der Waals surface area (Å²) in [7, 11) is 1.59. The molecule has 1 aliphatic rings. The fourth-order valence-electron chi connectivity index (χ4n) is 3.98. The summed E-state index contributed by atoms with van der Waals surface area (Å²) >= 11 is 0. The van der Waals surface area contributed by atoms with E-state index in [1.54, 1.807) is 31.3 Å². The highest BCUT2D eigenvalue weighted by atomic mass is 19.1. The average molecular weight is 477 g/mol. The lowest BCUT2D eigenvalue weighted by Gasteiger charge is -2.28. The molecule has 0 unspecified atom stereocenters. The second-order valence-corrected chi connectivity index (χ2v) is 8.38. The Balaban J connectivity index is 1.65. The van der Waals surface area contributed by atoms with Gasteiger partial charge in [0.25, 0.3) is 11.5 Å². The van der Waals surface area contributed by atoms with Crippen LogP contribution in [0, 0.1) is 12.7 Å². The molecule has 8 nitrogen and oxygen atoms in total. The molecule has 1 aromatic heterocycles. The van der Waals surface area contributed by atoms with E-state index in [0.29, 0.717) is 28.1 Å². The molecule has 0 bridgehead atoms. The first-order valence-corrected chi connectivity index (χ1v) is 11.1. The van der Waals surface area contributed by atoms with E-state index in [1.807, 2.05) is 19.1 Å². The smallest absolute Gasteiger partial charge is 0.266 e. The quantitative estimate of drug-likeness (QED) is 0.569. The lowest BCUT2D eigenvalue weighted by Crippen LogP contribution is -2.33. The second-order valence-electron chi connectivity index (χ2n) is 8.38. The van der Waals surface area contributed by atoms with Crippen molar-refractivity contribution in [3.05, 3.63) is 93.7 Å². The highest BCUT2D eigenvalue weighted by Gasteiger charge is 2.31. The van der Waals surface area contributed by atoms with Gasteiger partial charge in [-0.25, -0.2) is 9.07 Å². The number of aliphatic hydroxyl groups is 1. The van der Waals surface area contributed by atoms with Gasteiger partial charge in [-0.2, -0.15) is 5.10 Å². The number of hydrogen-bond donors (Lipinski definition) is 2. The van der Waals surface area contributed by atoms with Crippen LogP contribution in [0.3, 0.4) is 0 Å². The Kier molecular flexibility index (Phi) is 6.88. The minimum Gasteiger partial charge on any atom is -0.394 e. The van der Waals surface area contributed by atoms with Crippen LogP contribution in [0.15, 0.2) is 71.2 Å². The van der Waals surface area contributed by atoms with Crippen LogP contribution in [0.1, 0.15) is 23.5 Å². The van der Waals surface area contributed by atoms with E-state index < -0.39 is 11.7 Å². The van der Waals surface area contributed by atoms with Gasteiger partial charge < -0.3 is 15.3 Å². The summed E-state index contributed by atoms with van der Waals surface area (Å²) in [6, 6.07) is 14.2. The monoisotopic (exact) mass is 476 g/mol. The van der Waals surface area contributed by atoms with Crippen molar-refractivity contribution in [2.75, 3.05) is 19.0 Å². The first kappa shape index (κ1) is 24.0. The van der Waals surface area contributed by atoms with Gasteiger partial charge in [-0.15, -0.1) is 0 Å². The van der Waals surface area contributed by atoms with Crippen LogP contribution < -0.4 is 10.9 Å². The van der Waals surface area contributed by atoms with Crippen molar-refractivity contribution < 1.29 is 19.1 Å². The highest BCUT2D eigenvalue weighted by molar-refractivity contribution is 6.07. The molecule has 2 heterocycles. The van der Waals surface area contributed by atoms with Crippen molar-refractivity contribution >= 4 is 17.5 Å². The SMILES string of the molecule is Cc1ccc(-c2ccc(=O)n(CCO)n2)cc1NC(=O)C1=CN(C)C(=O)C[C@H]1c1ccc(F)cc1. The van der Waals surface area contributed by atoms with E-state index >= 15 is 0 Å². The summed E-state index contributed by atoms with van der Waals surface area (Å²) in [5.74, 6) is -1.42. The number of nitrogens with zero attached hydrogens (tertiary/aromatic N) is 3. The lowest BCUT2D eigenvalue weighted by atomic mass is 9.85. The van der Waals surface area contributed by atoms with Gasteiger partial charge in [-0.05, 0) is 42.3 Å². The number of rotatable bonds is 6. The molecule has 2 amide bonds. The zero-order valence-corrected chi connectivity index (χ0v) is 19.4. The molecule has 1 atom stereocenters. The number of amides is 2. The summed E-state index contributed by atoms with van der Waals surface area (Å²) in [5, 5.41) is 16.4. The molecule has 0 spiro atoms. The van der Waals surface area contributed by atoms with Gasteiger partial charge in [0.1, 0.15) is 5.82 Å². The van der Waals surface area contributed by atoms with Gasteiger partial charge >= 0.3 is 0 Å². The Morgan fingerprint density at radius 3 is 2.60 bits per heavy atom. The maximum atomic E-state index is 13.4. The van der Waals surface area contributed by atoms with Crippen LogP contribution in [0.4, 0.5) is 10.1 Å². The molecule has 0 radical (unpaired) electrons. The molecule has 2 N–H and O–H groups in total. The van der Waals surface area contributed by atoms with E-state index in [9.17, 15) is 18.8 Å². The Labute approximate surface area is 201 Å². The van der Waals surface area contributed by atoms with Crippen LogP contribution in [0.5, 0.6) is 0 Å². The molecule has 4 rings (SSSR count). The molecule has 3 aromatic rings.